The van der Waals surface area contributed by atoms with Crippen LogP contribution in [0.5, 0.6) is 0 Å². The van der Waals surface area contributed by atoms with Crippen molar-refractivity contribution < 1.29 is 17.9 Å². The summed E-state index contributed by atoms with van der Waals surface area (Å²) < 4.78 is 34.0. The number of nitrogens with one attached hydrogen (secondary N) is 1. The molecule has 0 spiro atoms. The molecule has 170 valence electrons. The molecule has 1 fully saturated rings. The van der Waals surface area contributed by atoms with Crippen molar-refractivity contribution >= 4 is 44.7 Å². The first-order valence-corrected chi connectivity index (χ1v) is 13.0. The van der Waals surface area contributed by atoms with Crippen LogP contribution in [0, 0.1) is 6.92 Å². The standard InChI is InChI=1S/C19H22N6O4S3/c1-13-4-5-14(11-16(13)32(27,28)24-6-8-29-9-7-24)21-17(26)12-31-19-23-22-18(25(19)20)15-3-2-10-30-15/h2-5,10-11H,6-9,12,20H2,1H3,(H,21,26). The number of carbonyl (C=O) groups excluding carboxylic acids is 1. The van der Waals surface area contributed by atoms with Gasteiger partial charge in [-0.25, -0.2) is 13.1 Å². The summed E-state index contributed by atoms with van der Waals surface area (Å²) in [4.78, 5) is 13.5. The lowest BCUT2D eigenvalue weighted by molar-refractivity contribution is -0.113. The lowest BCUT2D eigenvalue weighted by Gasteiger charge is -2.26. The van der Waals surface area contributed by atoms with Crippen molar-refractivity contribution in [2.24, 2.45) is 0 Å². The number of ether oxygens (including phenoxy) is 1. The zero-order chi connectivity index (χ0) is 22.7. The van der Waals surface area contributed by atoms with Gasteiger partial charge >= 0.3 is 0 Å². The van der Waals surface area contributed by atoms with E-state index >= 15 is 0 Å². The van der Waals surface area contributed by atoms with E-state index in [1.165, 1.54) is 26.4 Å². The molecule has 3 heterocycles. The summed E-state index contributed by atoms with van der Waals surface area (Å²) in [6, 6.07) is 8.63. The predicted molar refractivity (Wildman–Crippen MR) is 124 cm³/mol. The first-order valence-electron chi connectivity index (χ1n) is 9.72. The first kappa shape index (κ1) is 22.7. The molecule has 10 nitrogen and oxygen atoms in total. The summed E-state index contributed by atoms with van der Waals surface area (Å²) in [5.74, 6) is 6.31. The van der Waals surface area contributed by atoms with E-state index in [0.717, 1.165) is 16.6 Å². The molecule has 4 rings (SSSR count). The third kappa shape index (κ3) is 4.81. The first-order chi connectivity index (χ1) is 15.4. The van der Waals surface area contributed by atoms with Gasteiger partial charge in [0.05, 0.1) is 28.7 Å². The zero-order valence-electron chi connectivity index (χ0n) is 17.2. The van der Waals surface area contributed by atoms with Gasteiger partial charge in [0.1, 0.15) is 0 Å². The van der Waals surface area contributed by atoms with Crippen molar-refractivity contribution in [3.05, 3.63) is 41.3 Å². The Morgan fingerprint density at radius 1 is 1.28 bits per heavy atom. The topological polar surface area (TPSA) is 132 Å². The van der Waals surface area contributed by atoms with Crippen LogP contribution in [0.25, 0.3) is 10.7 Å². The van der Waals surface area contributed by atoms with Crippen LogP contribution < -0.4 is 11.2 Å². The van der Waals surface area contributed by atoms with Gasteiger partial charge in [-0.15, -0.1) is 21.5 Å². The Labute approximate surface area is 193 Å². The van der Waals surface area contributed by atoms with E-state index in [9.17, 15) is 13.2 Å². The van der Waals surface area contributed by atoms with Crippen LogP contribution in [0.2, 0.25) is 0 Å². The molecule has 1 saturated heterocycles. The third-order valence-electron chi connectivity index (χ3n) is 4.80. The number of nitrogens with zero attached hydrogens (tertiary/aromatic N) is 4. The van der Waals surface area contributed by atoms with Crippen molar-refractivity contribution in [2.45, 2.75) is 17.0 Å². The number of nitrogen functional groups attached to an aromatic ring is 1. The van der Waals surface area contributed by atoms with E-state index in [1.54, 1.807) is 19.1 Å². The summed E-state index contributed by atoms with van der Waals surface area (Å²) in [5.41, 5.74) is 1.02. The van der Waals surface area contributed by atoms with Crippen LogP contribution in [0.4, 0.5) is 5.69 Å². The number of morpholine rings is 1. The summed E-state index contributed by atoms with van der Waals surface area (Å²) in [6.07, 6.45) is 0. The Hall–Kier alpha value is -2.45. The van der Waals surface area contributed by atoms with Gasteiger partial charge in [-0.05, 0) is 36.1 Å². The smallest absolute Gasteiger partial charge is 0.243 e. The summed E-state index contributed by atoms with van der Waals surface area (Å²) >= 11 is 2.64. The van der Waals surface area contributed by atoms with Crippen molar-refractivity contribution in [3.63, 3.8) is 0 Å². The highest BCUT2D eigenvalue weighted by Gasteiger charge is 2.28. The largest absolute Gasteiger partial charge is 0.379 e. The molecular weight excluding hydrogens is 472 g/mol. The van der Waals surface area contributed by atoms with Gasteiger partial charge in [-0.2, -0.15) is 4.31 Å². The van der Waals surface area contributed by atoms with Crippen molar-refractivity contribution in [3.8, 4) is 10.7 Å². The second-order valence-electron chi connectivity index (χ2n) is 6.99. The van der Waals surface area contributed by atoms with Crippen molar-refractivity contribution in [2.75, 3.05) is 43.2 Å². The van der Waals surface area contributed by atoms with E-state index in [4.69, 9.17) is 10.6 Å². The number of hydrogen-bond donors (Lipinski definition) is 2. The molecule has 0 unspecified atom stereocenters. The SMILES string of the molecule is Cc1ccc(NC(=O)CSc2nnc(-c3cccs3)n2N)cc1S(=O)(=O)N1CCOCC1. The van der Waals surface area contributed by atoms with Crippen LogP contribution in [-0.2, 0) is 19.6 Å². The molecule has 0 aliphatic carbocycles. The number of hydrogen-bond acceptors (Lipinski definition) is 9. The van der Waals surface area contributed by atoms with Gasteiger partial charge in [-0.1, -0.05) is 23.9 Å². The third-order valence-corrected chi connectivity index (χ3v) is 8.65. The van der Waals surface area contributed by atoms with Crippen molar-refractivity contribution in [1.82, 2.24) is 19.2 Å². The normalized spacial score (nSPS) is 15.0. The maximum Gasteiger partial charge on any atom is 0.243 e. The van der Waals surface area contributed by atoms with Gasteiger partial charge in [-0.3, -0.25) is 4.79 Å². The molecule has 0 bridgehead atoms. The number of amides is 1. The van der Waals surface area contributed by atoms with Crippen LogP contribution in [0.1, 0.15) is 5.56 Å². The Morgan fingerprint density at radius 2 is 2.06 bits per heavy atom. The number of benzene rings is 1. The van der Waals surface area contributed by atoms with Crippen LogP contribution in [0.3, 0.4) is 0 Å². The molecule has 1 aliphatic heterocycles. The second kappa shape index (κ2) is 9.58. The lowest BCUT2D eigenvalue weighted by Crippen LogP contribution is -2.40. The molecule has 3 N–H and O–H groups in total. The Bertz CT molecular complexity index is 1200. The fourth-order valence-corrected chi connectivity index (χ4v) is 6.18. The predicted octanol–water partition coefficient (Wildman–Crippen LogP) is 1.78. The second-order valence-corrected chi connectivity index (χ2v) is 10.8. The number of thioether (sulfide) groups is 1. The minimum Gasteiger partial charge on any atom is -0.379 e. The van der Waals surface area contributed by atoms with Crippen LogP contribution >= 0.6 is 23.1 Å². The zero-order valence-corrected chi connectivity index (χ0v) is 19.7. The van der Waals surface area contributed by atoms with Crippen molar-refractivity contribution in [1.29, 1.82) is 0 Å². The van der Waals surface area contributed by atoms with E-state index in [2.05, 4.69) is 15.5 Å². The number of nitrogens with two attached hydrogens (primary N) is 1. The Kier molecular flexibility index (Phi) is 6.81. The molecule has 1 aliphatic rings. The highest BCUT2D eigenvalue weighted by atomic mass is 32.2. The van der Waals surface area contributed by atoms with E-state index in [-0.39, 0.29) is 16.6 Å². The van der Waals surface area contributed by atoms with Gasteiger partial charge in [0.2, 0.25) is 21.1 Å². The van der Waals surface area contributed by atoms with E-state index in [0.29, 0.717) is 48.5 Å². The molecule has 2 aromatic heterocycles. The van der Waals surface area contributed by atoms with Gasteiger partial charge in [0, 0.05) is 18.8 Å². The lowest BCUT2D eigenvalue weighted by atomic mass is 10.2. The van der Waals surface area contributed by atoms with Gasteiger partial charge in [0.25, 0.3) is 0 Å². The van der Waals surface area contributed by atoms with Crippen LogP contribution in [0.15, 0.2) is 45.8 Å². The highest BCUT2D eigenvalue weighted by Crippen LogP contribution is 2.26. The molecule has 0 saturated carbocycles. The average molecular weight is 495 g/mol. The quantitative estimate of drug-likeness (QED) is 0.375. The molecule has 0 atom stereocenters. The van der Waals surface area contributed by atoms with Gasteiger partial charge in [0.15, 0.2) is 5.82 Å². The molecule has 32 heavy (non-hydrogen) atoms. The number of aryl methyl sites for hydroxylation is 1. The maximum absolute atomic E-state index is 13.0. The maximum atomic E-state index is 13.0. The Balaban J connectivity index is 1.42. The Morgan fingerprint density at radius 3 is 2.78 bits per heavy atom. The summed E-state index contributed by atoms with van der Waals surface area (Å²) in [6.45, 7) is 3.08. The van der Waals surface area contributed by atoms with Crippen LogP contribution in [-0.4, -0.2) is 65.6 Å². The molecule has 3 aromatic rings. The highest BCUT2D eigenvalue weighted by molar-refractivity contribution is 7.99. The van der Waals surface area contributed by atoms with Gasteiger partial charge < -0.3 is 15.9 Å². The minimum absolute atomic E-state index is 0.0409. The fourth-order valence-electron chi connectivity index (χ4n) is 3.16. The minimum atomic E-state index is -3.67. The number of thiophene rings is 1. The fraction of sp³-hybridized carbons (Fsp3) is 0.316. The number of rotatable bonds is 7. The monoisotopic (exact) mass is 494 g/mol. The molecular formula is C19H22N6O4S3. The number of sulfonamides is 1. The molecule has 1 amide bonds. The van der Waals surface area contributed by atoms with E-state index < -0.39 is 10.0 Å². The molecule has 0 radical (unpaired) electrons. The number of aromatic nitrogens is 3. The van der Waals surface area contributed by atoms with E-state index in [1.807, 2.05) is 17.5 Å². The number of anilines is 1. The summed E-state index contributed by atoms with van der Waals surface area (Å²) in [7, 11) is -3.67. The number of carbonyl (C=O) groups is 1. The molecule has 1 aromatic carbocycles. The average Bonchev–Trinajstić information content (AvgIpc) is 3.44. The summed E-state index contributed by atoms with van der Waals surface area (Å²) in [5, 5.41) is 13.2. The molecule has 13 heteroatoms.